The maximum absolute atomic E-state index is 13.3. The second kappa shape index (κ2) is 11.3. The van der Waals surface area contributed by atoms with Gasteiger partial charge in [-0.15, -0.1) is 0 Å². The van der Waals surface area contributed by atoms with Crippen molar-refractivity contribution in [2.45, 2.75) is 46.0 Å². The molecule has 5 nitrogen and oxygen atoms in total. The molecule has 35 heavy (non-hydrogen) atoms. The number of amidine groups is 1. The van der Waals surface area contributed by atoms with Gasteiger partial charge in [0.2, 0.25) is 0 Å². The largest absolute Gasteiger partial charge is 0.497 e. The molecule has 1 saturated heterocycles. The lowest BCUT2D eigenvalue weighted by atomic mass is 10.1. The highest BCUT2D eigenvalue weighted by Crippen LogP contribution is 2.35. The van der Waals surface area contributed by atoms with Gasteiger partial charge in [0.25, 0.3) is 5.91 Å². The fourth-order valence-corrected chi connectivity index (χ4v) is 4.99. The van der Waals surface area contributed by atoms with Gasteiger partial charge in [0.1, 0.15) is 5.75 Å². The van der Waals surface area contributed by atoms with Gasteiger partial charge in [0, 0.05) is 0 Å². The Morgan fingerprint density at radius 3 is 2.14 bits per heavy atom. The molecule has 1 fully saturated rings. The Labute approximate surface area is 208 Å². The van der Waals surface area contributed by atoms with Crippen molar-refractivity contribution in [3.63, 3.8) is 0 Å². The van der Waals surface area contributed by atoms with Crippen LogP contribution in [0.4, 0.5) is 18.9 Å². The molecule has 0 saturated carbocycles. The van der Waals surface area contributed by atoms with Crippen LogP contribution in [0.5, 0.6) is 5.75 Å². The number of hydrogen-bond acceptors (Lipinski definition) is 4. The van der Waals surface area contributed by atoms with E-state index < -0.39 is 11.7 Å². The molecule has 2 aromatic rings. The normalized spacial score (nSPS) is 17.0. The van der Waals surface area contributed by atoms with E-state index in [1.54, 1.807) is 30.2 Å². The van der Waals surface area contributed by atoms with Crippen molar-refractivity contribution in [3.05, 3.63) is 64.6 Å². The van der Waals surface area contributed by atoms with Crippen molar-refractivity contribution < 1.29 is 27.6 Å². The zero-order chi connectivity index (χ0) is 25.8. The van der Waals surface area contributed by atoms with E-state index in [2.05, 4.69) is 27.7 Å². The minimum absolute atomic E-state index is 0.200. The van der Waals surface area contributed by atoms with Crippen LogP contribution in [0.25, 0.3) is 6.08 Å². The summed E-state index contributed by atoms with van der Waals surface area (Å²) in [5.74, 6) is 0.506. The van der Waals surface area contributed by atoms with Crippen LogP contribution >= 0.6 is 11.8 Å². The quantitative estimate of drug-likeness (QED) is 0.512. The van der Waals surface area contributed by atoms with Gasteiger partial charge in [-0.05, 0) is 87.5 Å². The number of hydrogen-bond donors (Lipinski definition) is 1. The Morgan fingerprint density at radius 1 is 1.03 bits per heavy atom. The molecule has 188 valence electrons. The van der Waals surface area contributed by atoms with Crippen molar-refractivity contribution in [2.75, 3.05) is 20.2 Å². The number of benzene rings is 2. The van der Waals surface area contributed by atoms with E-state index >= 15 is 0 Å². The van der Waals surface area contributed by atoms with Crippen molar-refractivity contribution in [1.82, 2.24) is 4.90 Å². The number of rotatable bonds is 8. The fourth-order valence-electron chi connectivity index (χ4n) is 3.96. The summed E-state index contributed by atoms with van der Waals surface area (Å²) in [6, 6.07) is 12.8. The first-order chi connectivity index (χ1) is 16.5. The lowest BCUT2D eigenvalue weighted by Crippen LogP contribution is -3.18. The Bertz CT molecular complexity index is 1070. The molecule has 1 aliphatic heterocycles. The molecule has 0 spiro atoms. The van der Waals surface area contributed by atoms with E-state index in [9.17, 15) is 18.0 Å². The average Bonchev–Trinajstić information content (AvgIpc) is 3.08. The van der Waals surface area contributed by atoms with Crippen molar-refractivity contribution >= 4 is 34.6 Å². The highest BCUT2D eigenvalue weighted by atomic mass is 32.2. The molecule has 0 aromatic heterocycles. The van der Waals surface area contributed by atoms with Gasteiger partial charge >= 0.3 is 6.18 Å². The number of carbonyl (C=O) groups excluding carboxylic acids is 1. The molecule has 1 N–H and O–H groups in total. The van der Waals surface area contributed by atoms with Crippen LogP contribution in [0.1, 0.15) is 38.8 Å². The molecule has 0 unspecified atom stereocenters. The van der Waals surface area contributed by atoms with E-state index in [4.69, 9.17) is 9.73 Å². The third kappa shape index (κ3) is 6.89. The molecular weight excluding hydrogens is 475 g/mol. The number of thioether (sulfide) groups is 1. The molecule has 0 radical (unpaired) electrons. The van der Waals surface area contributed by atoms with Crippen molar-refractivity contribution in [2.24, 2.45) is 4.99 Å². The van der Waals surface area contributed by atoms with Gasteiger partial charge in [-0.1, -0.05) is 12.1 Å². The van der Waals surface area contributed by atoms with Crippen molar-refractivity contribution in [1.29, 1.82) is 0 Å². The molecule has 0 aliphatic carbocycles. The monoisotopic (exact) mass is 506 g/mol. The van der Waals surface area contributed by atoms with E-state index in [1.165, 1.54) is 28.8 Å². The Balaban J connectivity index is 1.90. The maximum atomic E-state index is 13.3. The SMILES string of the molecule is COc1ccc(N=C2S/C(=C\c3ccc(C(F)(F)F)cc3)C(=O)N2CC[NH+](C(C)C)C(C)C)cc1. The Hall–Kier alpha value is -2.78. The Kier molecular flexibility index (Phi) is 8.66. The van der Waals surface area contributed by atoms with E-state index in [0.717, 1.165) is 18.7 Å². The predicted octanol–water partition coefficient (Wildman–Crippen LogP) is 5.02. The molecule has 0 bridgehead atoms. The summed E-state index contributed by atoms with van der Waals surface area (Å²) >= 11 is 1.23. The number of quaternary nitrogens is 1. The average molecular weight is 507 g/mol. The minimum Gasteiger partial charge on any atom is -0.497 e. The molecule has 9 heteroatoms. The van der Waals surface area contributed by atoms with Crippen LogP contribution in [0.3, 0.4) is 0 Å². The van der Waals surface area contributed by atoms with E-state index in [-0.39, 0.29) is 5.91 Å². The lowest BCUT2D eigenvalue weighted by Gasteiger charge is -2.29. The highest BCUT2D eigenvalue weighted by molar-refractivity contribution is 8.18. The summed E-state index contributed by atoms with van der Waals surface area (Å²) in [5, 5.41) is 0.546. The second-order valence-corrected chi connectivity index (χ2v) is 9.92. The molecule has 2 aromatic carbocycles. The number of nitrogens with one attached hydrogen (secondary N) is 1. The summed E-state index contributed by atoms with van der Waals surface area (Å²) in [4.78, 5) is 21.5. The third-order valence-electron chi connectivity index (χ3n) is 5.83. The molecular formula is C26H31F3N3O2S+. The first-order valence-corrected chi connectivity index (χ1v) is 12.3. The standard InChI is InChI=1S/C26H30F3N3O2S/c1-17(2)31(18(3)4)14-15-32-24(33)23(16-19-6-8-20(9-7-19)26(27,28)29)35-25(32)30-21-10-12-22(34-5)13-11-21/h6-13,16-18H,14-15H2,1-5H3/p+1/b23-16-,30-25?. The minimum atomic E-state index is -4.40. The predicted molar refractivity (Wildman–Crippen MR) is 135 cm³/mol. The number of methoxy groups -OCH3 is 1. The summed E-state index contributed by atoms with van der Waals surface area (Å²) < 4.78 is 43.9. The van der Waals surface area contributed by atoms with Crippen LogP contribution in [0.2, 0.25) is 0 Å². The van der Waals surface area contributed by atoms with Gasteiger partial charge in [0.15, 0.2) is 5.17 Å². The number of amides is 1. The van der Waals surface area contributed by atoms with Gasteiger partial charge in [-0.25, -0.2) is 4.99 Å². The molecule has 1 amide bonds. The Morgan fingerprint density at radius 2 is 1.63 bits per heavy atom. The number of alkyl halides is 3. The van der Waals surface area contributed by atoms with E-state index in [0.29, 0.717) is 45.7 Å². The number of nitrogens with zero attached hydrogens (tertiary/aromatic N) is 2. The van der Waals surface area contributed by atoms with Gasteiger partial charge < -0.3 is 9.64 Å². The van der Waals surface area contributed by atoms with Crippen molar-refractivity contribution in [3.8, 4) is 5.75 Å². The second-order valence-electron chi connectivity index (χ2n) is 8.91. The maximum Gasteiger partial charge on any atom is 0.416 e. The number of ether oxygens (including phenoxy) is 1. The lowest BCUT2D eigenvalue weighted by molar-refractivity contribution is -0.941. The van der Waals surface area contributed by atoms with Crippen LogP contribution in [-0.2, 0) is 11.0 Å². The van der Waals surface area contributed by atoms with E-state index in [1.807, 2.05) is 12.1 Å². The number of carbonyl (C=O) groups is 1. The van der Waals surface area contributed by atoms with Crippen LogP contribution < -0.4 is 9.64 Å². The molecule has 1 heterocycles. The highest BCUT2D eigenvalue weighted by Gasteiger charge is 2.35. The van der Waals surface area contributed by atoms with Crippen LogP contribution in [-0.4, -0.2) is 48.3 Å². The molecule has 3 rings (SSSR count). The number of halogens is 3. The smallest absolute Gasteiger partial charge is 0.416 e. The summed E-state index contributed by atoms with van der Waals surface area (Å²) in [5.41, 5.74) is 0.480. The zero-order valence-electron chi connectivity index (χ0n) is 20.5. The summed E-state index contributed by atoms with van der Waals surface area (Å²) in [7, 11) is 1.59. The zero-order valence-corrected chi connectivity index (χ0v) is 21.3. The van der Waals surface area contributed by atoms with Gasteiger partial charge in [-0.3, -0.25) is 9.69 Å². The van der Waals surface area contributed by atoms with Crippen LogP contribution in [0, 0.1) is 0 Å². The van der Waals surface area contributed by atoms with Gasteiger partial charge in [0.05, 0.1) is 48.4 Å². The first-order valence-electron chi connectivity index (χ1n) is 11.5. The number of aliphatic imine (C=N–C) groups is 1. The topological polar surface area (TPSA) is 46.3 Å². The first kappa shape index (κ1) is 26.8. The van der Waals surface area contributed by atoms with Gasteiger partial charge in [-0.2, -0.15) is 13.2 Å². The fraction of sp³-hybridized carbons (Fsp3) is 0.385. The third-order valence-corrected chi connectivity index (χ3v) is 6.83. The summed E-state index contributed by atoms with van der Waals surface area (Å²) in [6.07, 6.45) is -2.79. The molecule has 0 atom stereocenters. The molecule has 1 aliphatic rings. The van der Waals surface area contributed by atoms with Crippen LogP contribution in [0.15, 0.2) is 58.4 Å². The summed E-state index contributed by atoms with van der Waals surface area (Å²) in [6.45, 7) is 9.83.